The van der Waals surface area contributed by atoms with E-state index in [0.29, 0.717) is 23.1 Å². The van der Waals surface area contributed by atoms with Crippen molar-refractivity contribution in [2.24, 2.45) is 0 Å². The summed E-state index contributed by atoms with van der Waals surface area (Å²) in [6, 6.07) is 12.6. The second-order valence-electron chi connectivity index (χ2n) is 4.76. The zero-order chi connectivity index (χ0) is 17.6. The van der Waals surface area contributed by atoms with E-state index >= 15 is 0 Å². The van der Waals surface area contributed by atoms with Gasteiger partial charge in [0, 0.05) is 0 Å². The second kappa shape index (κ2) is 8.14. The van der Waals surface area contributed by atoms with Gasteiger partial charge in [0.05, 0.1) is 28.8 Å². The summed E-state index contributed by atoms with van der Waals surface area (Å²) in [5, 5.41) is 2.92. The molecule has 0 aliphatic heterocycles. The molecule has 0 aliphatic rings. The van der Waals surface area contributed by atoms with Gasteiger partial charge in [-0.25, -0.2) is 13.1 Å². The Morgan fingerprint density at radius 3 is 2.42 bits per heavy atom. The number of nitrogens with one attached hydrogen (secondary N) is 2. The number of carbonyl (C=O) groups excluding carboxylic acids is 1. The van der Waals surface area contributed by atoms with Crippen molar-refractivity contribution in [1.29, 1.82) is 0 Å². The molecular weight excluding hydrogens is 352 g/mol. The van der Waals surface area contributed by atoms with Crippen LogP contribution in [0, 0.1) is 0 Å². The molecule has 0 aromatic heterocycles. The number of anilines is 1. The molecule has 0 saturated carbocycles. The maximum absolute atomic E-state index is 12.2. The van der Waals surface area contributed by atoms with E-state index in [1.54, 1.807) is 36.4 Å². The normalized spacial score (nSPS) is 11.1. The molecule has 6 nitrogen and oxygen atoms in total. The largest absolute Gasteiger partial charge is 0.494 e. The van der Waals surface area contributed by atoms with Crippen molar-refractivity contribution >= 4 is 33.2 Å². The third-order valence-electron chi connectivity index (χ3n) is 3.02. The Balaban J connectivity index is 1.97. The van der Waals surface area contributed by atoms with Crippen molar-refractivity contribution < 1.29 is 17.9 Å². The molecular formula is C16H17ClN2O4S. The van der Waals surface area contributed by atoms with Gasteiger partial charge in [0.1, 0.15) is 5.75 Å². The highest BCUT2D eigenvalue weighted by Gasteiger charge is 2.16. The van der Waals surface area contributed by atoms with Gasteiger partial charge >= 0.3 is 0 Å². The summed E-state index contributed by atoms with van der Waals surface area (Å²) < 4.78 is 31.8. The Morgan fingerprint density at radius 2 is 1.79 bits per heavy atom. The van der Waals surface area contributed by atoms with E-state index in [9.17, 15) is 13.2 Å². The third-order valence-corrected chi connectivity index (χ3v) is 4.76. The second-order valence-corrected chi connectivity index (χ2v) is 6.93. The molecule has 0 heterocycles. The average molecular weight is 369 g/mol. The van der Waals surface area contributed by atoms with Crippen LogP contribution in [0.3, 0.4) is 0 Å². The number of benzene rings is 2. The van der Waals surface area contributed by atoms with Crippen LogP contribution in [-0.2, 0) is 14.8 Å². The van der Waals surface area contributed by atoms with Gasteiger partial charge in [0.15, 0.2) is 0 Å². The standard InChI is InChI=1S/C16H17ClN2O4S/c1-2-23-12-7-9-13(10-8-12)24(21,22)18-11-16(20)19-15-6-4-3-5-14(15)17/h3-10,18H,2,11H2,1H3,(H,19,20). The first-order chi connectivity index (χ1) is 11.4. The van der Waals surface area contributed by atoms with E-state index in [4.69, 9.17) is 16.3 Å². The molecule has 2 aromatic carbocycles. The monoisotopic (exact) mass is 368 g/mol. The molecule has 0 aliphatic carbocycles. The van der Waals surface area contributed by atoms with Crippen LogP contribution in [0.4, 0.5) is 5.69 Å². The van der Waals surface area contributed by atoms with Crippen LogP contribution in [0.15, 0.2) is 53.4 Å². The number of para-hydroxylation sites is 1. The highest BCUT2D eigenvalue weighted by atomic mass is 35.5. The molecule has 128 valence electrons. The molecule has 0 unspecified atom stereocenters. The number of amides is 1. The van der Waals surface area contributed by atoms with Crippen LogP contribution >= 0.6 is 11.6 Å². The van der Waals surface area contributed by atoms with Gasteiger partial charge in [-0.2, -0.15) is 0 Å². The van der Waals surface area contributed by atoms with E-state index in [2.05, 4.69) is 10.0 Å². The quantitative estimate of drug-likeness (QED) is 0.786. The van der Waals surface area contributed by atoms with Crippen molar-refractivity contribution in [3.8, 4) is 5.75 Å². The maximum Gasteiger partial charge on any atom is 0.241 e. The van der Waals surface area contributed by atoms with Gasteiger partial charge in [-0.1, -0.05) is 23.7 Å². The molecule has 0 spiro atoms. The summed E-state index contributed by atoms with van der Waals surface area (Å²) in [4.78, 5) is 11.9. The third kappa shape index (κ3) is 4.95. The highest BCUT2D eigenvalue weighted by molar-refractivity contribution is 7.89. The minimum atomic E-state index is -3.79. The molecule has 0 atom stereocenters. The van der Waals surface area contributed by atoms with Gasteiger partial charge < -0.3 is 10.1 Å². The van der Waals surface area contributed by atoms with Crippen molar-refractivity contribution in [1.82, 2.24) is 4.72 Å². The first-order valence-electron chi connectivity index (χ1n) is 7.19. The summed E-state index contributed by atoms with van der Waals surface area (Å²) in [6.45, 7) is 1.93. The van der Waals surface area contributed by atoms with E-state index < -0.39 is 22.5 Å². The van der Waals surface area contributed by atoms with Crippen molar-refractivity contribution in [3.05, 3.63) is 53.6 Å². The number of ether oxygens (including phenoxy) is 1. The average Bonchev–Trinajstić information content (AvgIpc) is 2.56. The lowest BCUT2D eigenvalue weighted by atomic mass is 10.3. The lowest BCUT2D eigenvalue weighted by Crippen LogP contribution is -2.32. The van der Waals surface area contributed by atoms with Crippen molar-refractivity contribution in [3.63, 3.8) is 0 Å². The van der Waals surface area contributed by atoms with E-state index in [1.165, 1.54) is 12.1 Å². The van der Waals surface area contributed by atoms with Crippen LogP contribution in [0.25, 0.3) is 0 Å². The predicted molar refractivity (Wildman–Crippen MR) is 92.9 cm³/mol. The van der Waals surface area contributed by atoms with Crippen LogP contribution in [0.2, 0.25) is 5.02 Å². The lowest BCUT2D eigenvalue weighted by Gasteiger charge is -2.09. The first-order valence-corrected chi connectivity index (χ1v) is 9.05. The van der Waals surface area contributed by atoms with E-state index in [1.807, 2.05) is 6.92 Å². The molecule has 2 N–H and O–H groups in total. The number of halogens is 1. The number of sulfonamides is 1. The number of rotatable bonds is 7. The summed E-state index contributed by atoms with van der Waals surface area (Å²) in [6.07, 6.45) is 0. The smallest absolute Gasteiger partial charge is 0.241 e. The molecule has 2 rings (SSSR count). The van der Waals surface area contributed by atoms with E-state index in [-0.39, 0.29) is 4.90 Å². The fourth-order valence-electron chi connectivity index (χ4n) is 1.88. The Labute approximate surface area is 145 Å². The zero-order valence-electron chi connectivity index (χ0n) is 13.0. The van der Waals surface area contributed by atoms with Crippen LogP contribution in [0.5, 0.6) is 5.75 Å². The Bertz CT molecular complexity index is 807. The molecule has 2 aromatic rings. The lowest BCUT2D eigenvalue weighted by molar-refractivity contribution is -0.115. The van der Waals surface area contributed by atoms with Gasteiger partial charge in [0.2, 0.25) is 15.9 Å². The van der Waals surface area contributed by atoms with Crippen LogP contribution < -0.4 is 14.8 Å². The molecule has 0 radical (unpaired) electrons. The minimum Gasteiger partial charge on any atom is -0.494 e. The number of carbonyl (C=O) groups is 1. The zero-order valence-corrected chi connectivity index (χ0v) is 14.5. The van der Waals surface area contributed by atoms with Crippen LogP contribution in [-0.4, -0.2) is 27.5 Å². The molecule has 8 heteroatoms. The molecule has 1 amide bonds. The molecule has 0 bridgehead atoms. The summed E-state index contributed by atoms with van der Waals surface area (Å²) in [7, 11) is -3.79. The Kier molecular flexibility index (Phi) is 6.19. The predicted octanol–water partition coefficient (Wildman–Crippen LogP) is 2.66. The molecule has 24 heavy (non-hydrogen) atoms. The summed E-state index contributed by atoms with van der Waals surface area (Å²) in [5.41, 5.74) is 0.421. The fraction of sp³-hybridized carbons (Fsp3) is 0.188. The number of hydrogen-bond donors (Lipinski definition) is 2. The Morgan fingerprint density at radius 1 is 1.12 bits per heavy atom. The Hall–Kier alpha value is -2.09. The maximum atomic E-state index is 12.2. The topological polar surface area (TPSA) is 84.5 Å². The first kappa shape index (κ1) is 18.3. The minimum absolute atomic E-state index is 0.0523. The van der Waals surface area contributed by atoms with Crippen LogP contribution in [0.1, 0.15) is 6.92 Å². The van der Waals surface area contributed by atoms with Gasteiger partial charge in [-0.15, -0.1) is 0 Å². The molecule has 0 fully saturated rings. The SMILES string of the molecule is CCOc1ccc(S(=O)(=O)NCC(=O)Nc2ccccc2Cl)cc1. The molecule has 0 saturated heterocycles. The fourth-order valence-corrected chi connectivity index (χ4v) is 3.05. The van der Waals surface area contributed by atoms with Gasteiger partial charge in [0.25, 0.3) is 0 Å². The van der Waals surface area contributed by atoms with Gasteiger partial charge in [-0.3, -0.25) is 4.79 Å². The highest BCUT2D eigenvalue weighted by Crippen LogP contribution is 2.20. The number of hydrogen-bond acceptors (Lipinski definition) is 4. The van der Waals surface area contributed by atoms with Crippen molar-refractivity contribution in [2.75, 3.05) is 18.5 Å². The van der Waals surface area contributed by atoms with Crippen molar-refractivity contribution in [2.45, 2.75) is 11.8 Å². The summed E-state index contributed by atoms with van der Waals surface area (Å²) in [5.74, 6) is 0.0607. The summed E-state index contributed by atoms with van der Waals surface area (Å²) >= 11 is 5.93. The van der Waals surface area contributed by atoms with Gasteiger partial charge in [-0.05, 0) is 43.3 Å². The van der Waals surface area contributed by atoms with E-state index in [0.717, 1.165) is 0 Å².